The van der Waals surface area contributed by atoms with Gasteiger partial charge in [0.2, 0.25) is 0 Å². The van der Waals surface area contributed by atoms with E-state index in [1.54, 1.807) is 11.3 Å². The zero-order valence-corrected chi connectivity index (χ0v) is 12.2. The third kappa shape index (κ3) is 3.09. The van der Waals surface area contributed by atoms with Gasteiger partial charge in [-0.3, -0.25) is 16.2 Å². The molecule has 1 atom stereocenters. The highest BCUT2D eigenvalue weighted by Gasteiger charge is 2.35. The van der Waals surface area contributed by atoms with E-state index in [4.69, 9.17) is 5.84 Å². The quantitative estimate of drug-likeness (QED) is 0.631. The molecule has 0 spiro atoms. The molecule has 4 nitrogen and oxygen atoms in total. The number of hydrazine groups is 1. The number of likely N-dealkylation sites (tertiary alicyclic amines) is 1. The average molecular weight is 268 g/mol. The van der Waals surface area contributed by atoms with E-state index in [0.717, 1.165) is 11.4 Å². The van der Waals surface area contributed by atoms with Gasteiger partial charge in [0, 0.05) is 29.6 Å². The Morgan fingerprint density at radius 2 is 2.17 bits per heavy atom. The highest BCUT2D eigenvalue weighted by Crippen LogP contribution is 2.25. The molecule has 1 fully saturated rings. The van der Waals surface area contributed by atoms with Crippen LogP contribution < -0.4 is 11.3 Å². The molecule has 2 heterocycles. The minimum atomic E-state index is 0.0703. The summed E-state index contributed by atoms with van der Waals surface area (Å²) < 4.78 is 0. The SMILES string of the molecule is CC(C)(C(Cc1nccs1)NN)N1CCCCC1. The first-order valence-corrected chi connectivity index (χ1v) is 7.62. The van der Waals surface area contributed by atoms with Gasteiger partial charge >= 0.3 is 0 Å². The van der Waals surface area contributed by atoms with Crippen LogP contribution in [0.5, 0.6) is 0 Å². The number of nitrogens with zero attached hydrogens (tertiary/aromatic N) is 2. The second kappa shape index (κ2) is 6.10. The summed E-state index contributed by atoms with van der Waals surface area (Å²) in [5.74, 6) is 5.78. The van der Waals surface area contributed by atoms with E-state index in [1.807, 2.05) is 11.6 Å². The Hall–Kier alpha value is -0.490. The lowest BCUT2D eigenvalue weighted by Crippen LogP contribution is -2.61. The second-order valence-electron chi connectivity index (χ2n) is 5.55. The van der Waals surface area contributed by atoms with Gasteiger partial charge in [-0.1, -0.05) is 6.42 Å². The van der Waals surface area contributed by atoms with Gasteiger partial charge in [0.15, 0.2) is 0 Å². The van der Waals surface area contributed by atoms with Crippen LogP contribution in [0.15, 0.2) is 11.6 Å². The standard InChI is InChI=1S/C13H24N4S/c1-13(2,17-7-4-3-5-8-17)11(16-14)10-12-15-6-9-18-12/h6,9,11,16H,3-5,7-8,10,14H2,1-2H3. The number of piperidine rings is 1. The monoisotopic (exact) mass is 268 g/mol. The first kappa shape index (κ1) is 13.9. The van der Waals surface area contributed by atoms with Crippen molar-refractivity contribution in [2.24, 2.45) is 5.84 Å². The van der Waals surface area contributed by atoms with Crippen molar-refractivity contribution in [1.29, 1.82) is 0 Å². The second-order valence-corrected chi connectivity index (χ2v) is 6.53. The molecule has 5 heteroatoms. The number of aromatic nitrogens is 1. The van der Waals surface area contributed by atoms with Crippen LogP contribution in [0.4, 0.5) is 0 Å². The lowest BCUT2D eigenvalue weighted by Gasteiger charge is -2.45. The van der Waals surface area contributed by atoms with Crippen LogP contribution in [-0.4, -0.2) is 34.6 Å². The molecule has 0 amide bonds. The third-order valence-corrected chi connectivity index (χ3v) is 4.89. The van der Waals surface area contributed by atoms with E-state index in [9.17, 15) is 0 Å². The fourth-order valence-corrected chi connectivity index (χ4v) is 3.40. The zero-order valence-electron chi connectivity index (χ0n) is 11.4. The van der Waals surface area contributed by atoms with Crippen LogP contribution in [0.25, 0.3) is 0 Å². The van der Waals surface area contributed by atoms with Crippen molar-refractivity contribution < 1.29 is 0 Å². The zero-order chi connectivity index (χ0) is 13.0. The summed E-state index contributed by atoms with van der Waals surface area (Å²) >= 11 is 1.70. The minimum absolute atomic E-state index is 0.0703. The van der Waals surface area contributed by atoms with Gasteiger partial charge in [0.25, 0.3) is 0 Å². The van der Waals surface area contributed by atoms with Crippen molar-refractivity contribution in [2.75, 3.05) is 13.1 Å². The Bertz CT molecular complexity index is 344. The van der Waals surface area contributed by atoms with E-state index < -0.39 is 0 Å². The molecule has 1 aromatic rings. The summed E-state index contributed by atoms with van der Waals surface area (Å²) in [6.45, 7) is 6.94. The highest BCUT2D eigenvalue weighted by molar-refractivity contribution is 7.09. The first-order chi connectivity index (χ1) is 8.64. The van der Waals surface area contributed by atoms with Crippen molar-refractivity contribution in [2.45, 2.75) is 51.1 Å². The average Bonchev–Trinajstić information content (AvgIpc) is 2.89. The molecule has 0 radical (unpaired) electrons. The van der Waals surface area contributed by atoms with Crippen LogP contribution in [0.3, 0.4) is 0 Å². The lowest BCUT2D eigenvalue weighted by molar-refractivity contribution is 0.0611. The lowest BCUT2D eigenvalue weighted by atomic mass is 9.88. The Labute approximate surface area is 114 Å². The maximum atomic E-state index is 5.78. The van der Waals surface area contributed by atoms with E-state index in [1.165, 1.54) is 32.4 Å². The molecular weight excluding hydrogens is 244 g/mol. The number of nitrogens with one attached hydrogen (secondary N) is 1. The molecular formula is C13H24N4S. The summed E-state index contributed by atoms with van der Waals surface area (Å²) in [5, 5.41) is 3.18. The first-order valence-electron chi connectivity index (χ1n) is 6.74. The molecule has 1 unspecified atom stereocenters. The van der Waals surface area contributed by atoms with Crippen LogP contribution in [-0.2, 0) is 6.42 Å². The highest BCUT2D eigenvalue weighted by atomic mass is 32.1. The minimum Gasteiger partial charge on any atom is -0.297 e. The van der Waals surface area contributed by atoms with Gasteiger partial charge in [0.1, 0.15) is 0 Å². The largest absolute Gasteiger partial charge is 0.297 e. The molecule has 0 aliphatic carbocycles. The summed E-state index contributed by atoms with van der Waals surface area (Å²) in [6, 6.07) is 0.238. The third-order valence-electron chi connectivity index (χ3n) is 4.09. The van der Waals surface area contributed by atoms with Crippen LogP contribution >= 0.6 is 11.3 Å². The number of hydrogen-bond donors (Lipinski definition) is 2. The van der Waals surface area contributed by atoms with E-state index in [2.05, 4.69) is 29.2 Å². The van der Waals surface area contributed by atoms with E-state index >= 15 is 0 Å². The maximum Gasteiger partial charge on any atom is 0.0941 e. The maximum absolute atomic E-state index is 5.78. The van der Waals surface area contributed by atoms with Gasteiger partial charge < -0.3 is 0 Å². The Kier molecular flexibility index (Phi) is 4.72. The topological polar surface area (TPSA) is 54.2 Å². The molecule has 0 aromatic carbocycles. The van der Waals surface area contributed by atoms with Gasteiger partial charge in [0.05, 0.1) is 5.01 Å². The smallest absolute Gasteiger partial charge is 0.0941 e. The summed E-state index contributed by atoms with van der Waals surface area (Å²) in [4.78, 5) is 6.93. The number of nitrogens with two attached hydrogens (primary N) is 1. The summed E-state index contributed by atoms with van der Waals surface area (Å²) in [6.07, 6.45) is 6.73. The van der Waals surface area contributed by atoms with Crippen LogP contribution in [0, 0.1) is 0 Å². The van der Waals surface area contributed by atoms with Crippen LogP contribution in [0.1, 0.15) is 38.1 Å². The predicted molar refractivity (Wildman–Crippen MR) is 76.4 cm³/mol. The number of rotatable bonds is 5. The molecule has 102 valence electrons. The Balaban J connectivity index is 2.04. The fourth-order valence-electron chi connectivity index (χ4n) is 2.73. The molecule has 0 saturated carbocycles. The molecule has 18 heavy (non-hydrogen) atoms. The normalized spacial score (nSPS) is 19.9. The van der Waals surface area contributed by atoms with Gasteiger partial charge in [-0.15, -0.1) is 11.3 Å². The molecule has 1 saturated heterocycles. The fraction of sp³-hybridized carbons (Fsp3) is 0.769. The summed E-state index contributed by atoms with van der Waals surface area (Å²) in [7, 11) is 0. The van der Waals surface area contributed by atoms with Gasteiger partial charge in [-0.05, 0) is 39.8 Å². The van der Waals surface area contributed by atoms with Crippen molar-refractivity contribution >= 4 is 11.3 Å². The molecule has 2 rings (SSSR count). The van der Waals surface area contributed by atoms with Crippen molar-refractivity contribution in [3.63, 3.8) is 0 Å². The van der Waals surface area contributed by atoms with Crippen molar-refractivity contribution in [3.05, 3.63) is 16.6 Å². The number of hydrogen-bond acceptors (Lipinski definition) is 5. The van der Waals surface area contributed by atoms with Crippen molar-refractivity contribution in [3.8, 4) is 0 Å². The van der Waals surface area contributed by atoms with E-state index in [0.29, 0.717) is 0 Å². The van der Waals surface area contributed by atoms with Crippen molar-refractivity contribution in [1.82, 2.24) is 15.3 Å². The van der Waals surface area contributed by atoms with E-state index in [-0.39, 0.29) is 11.6 Å². The molecule has 1 aliphatic rings. The molecule has 1 aliphatic heterocycles. The molecule has 1 aromatic heterocycles. The summed E-state index contributed by atoms with van der Waals surface area (Å²) in [5.41, 5.74) is 3.07. The molecule has 3 N–H and O–H groups in total. The van der Waals surface area contributed by atoms with Gasteiger partial charge in [-0.2, -0.15) is 0 Å². The Morgan fingerprint density at radius 3 is 2.72 bits per heavy atom. The number of thiazole rings is 1. The Morgan fingerprint density at radius 1 is 1.44 bits per heavy atom. The predicted octanol–water partition coefficient (Wildman–Crippen LogP) is 1.78. The van der Waals surface area contributed by atoms with Crippen LogP contribution in [0.2, 0.25) is 0 Å². The van der Waals surface area contributed by atoms with Gasteiger partial charge in [-0.25, -0.2) is 4.98 Å². The molecule has 0 bridgehead atoms.